The van der Waals surface area contributed by atoms with Gasteiger partial charge in [0.2, 0.25) is 0 Å². The minimum absolute atomic E-state index is 0.0446. The van der Waals surface area contributed by atoms with E-state index in [0.717, 1.165) is 15.6 Å². The summed E-state index contributed by atoms with van der Waals surface area (Å²) in [6.45, 7) is 0. The minimum Gasteiger partial charge on any atom is -0.455 e. The van der Waals surface area contributed by atoms with E-state index in [9.17, 15) is 9.59 Å². The molecule has 0 aliphatic heterocycles. The number of carbonyl (C=O) groups is 2. The van der Waals surface area contributed by atoms with Crippen LogP contribution in [0.1, 0.15) is 21.7 Å². The van der Waals surface area contributed by atoms with Crippen molar-refractivity contribution in [1.82, 2.24) is 10.7 Å². The molecule has 0 unspecified atom stereocenters. The molecule has 0 aliphatic rings. The molecular weight excluding hydrogens is 518 g/mol. The maximum Gasteiger partial charge on any atom is 0.287 e. The topological polar surface area (TPSA) is 83.7 Å². The van der Waals surface area contributed by atoms with Gasteiger partial charge in [0, 0.05) is 15.6 Å². The molecule has 0 saturated heterocycles. The fourth-order valence-corrected chi connectivity index (χ4v) is 3.45. The Bertz CT molecular complexity index is 1410. The highest BCUT2D eigenvalue weighted by molar-refractivity contribution is 9.10. The molecule has 7 heteroatoms. The van der Waals surface area contributed by atoms with Gasteiger partial charge in [-0.1, -0.05) is 88.7 Å². The predicted molar refractivity (Wildman–Crippen MR) is 145 cm³/mol. The molecule has 1 heterocycles. The summed E-state index contributed by atoms with van der Waals surface area (Å²) >= 11 is 3.41. The van der Waals surface area contributed by atoms with Crippen molar-refractivity contribution in [1.29, 1.82) is 0 Å². The number of nitrogens with zero attached hydrogens (tertiary/aromatic N) is 1. The Morgan fingerprint density at radius 1 is 0.833 bits per heavy atom. The van der Waals surface area contributed by atoms with Gasteiger partial charge in [0.25, 0.3) is 11.8 Å². The largest absolute Gasteiger partial charge is 0.455 e. The second-order valence-electron chi connectivity index (χ2n) is 7.58. The van der Waals surface area contributed by atoms with E-state index in [0.29, 0.717) is 17.1 Å². The number of furan rings is 1. The molecule has 0 atom stereocenters. The van der Waals surface area contributed by atoms with Crippen LogP contribution in [0, 0.1) is 0 Å². The van der Waals surface area contributed by atoms with Gasteiger partial charge in [0.15, 0.2) is 0 Å². The minimum atomic E-state index is -0.576. The van der Waals surface area contributed by atoms with Gasteiger partial charge in [0.1, 0.15) is 17.2 Å². The Morgan fingerprint density at radius 2 is 1.53 bits per heavy atom. The maximum atomic E-state index is 12.8. The Kier molecular flexibility index (Phi) is 8.40. The number of carbonyl (C=O) groups excluding carboxylic acids is 2. The number of halogens is 1. The lowest BCUT2D eigenvalue weighted by Gasteiger charge is -2.08. The summed E-state index contributed by atoms with van der Waals surface area (Å²) in [6.07, 6.45) is 6.45. The van der Waals surface area contributed by atoms with Crippen molar-refractivity contribution in [3.8, 4) is 11.3 Å². The fraction of sp³-hybridized carbons (Fsp3) is 0. The van der Waals surface area contributed by atoms with Crippen LogP contribution in [0.2, 0.25) is 0 Å². The summed E-state index contributed by atoms with van der Waals surface area (Å²) in [4.78, 5) is 25.5. The van der Waals surface area contributed by atoms with Crippen molar-refractivity contribution >= 4 is 40.0 Å². The summed E-state index contributed by atoms with van der Waals surface area (Å²) in [7, 11) is 0. The van der Waals surface area contributed by atoms with E-state index >= 15 is 0 Å². The van der Waals surface area contributed by atoms with Crippen molar-refractivity contribution in [3.05, 3.63) is 136 Å². The van der Waals surface area contributed by atoms with Gasteiger partial charge < -0.3 is 9.73 Å². The van der Waals surface area contributed by atoms with Crippen molar-refractivity contribution in [2.45, 2.75) is 0 Å². The van der Waals surface area contributed by atoms with Crippen LogP contribution in [0.3, 0.4) is 0 Å². The molecule has 178 valence electrons. The number of amides is 2. The van der Waals surface area contributed by atoms with Crippen LogP contribution in [-0.4, -0.2) is 18.0 Å². The van der Waals surface area contributed by atoms with Gasteiger partial charge >= 0.3 is 0 Å². The number of nitrogens with one attached hydrogen (secondary N) is 2. The zero-order chi connectivity index (χ0) is 25.2. The second-order valence-corrected chi connectivity index (χ2v) is 8.49. The highest BCUT2D eigenvalue weighted by atomic mass is 79.9. The van der Waals surface area contributed by atoms with Crippen molar-refractivity contribution in [3.63, 3.8) is 0 Å². The summed E-state index contributed by atoms with van der Waals surface area (Å²) in [5.41, 5.74) is 4.79. The van der Waals surface area contributed by atoms with Gasteiger partial charge in [-0.15, -0.1) is 0 Å². The van der Waals surface area contributed by atoms with Gasteiger partial charge in [-0.2, -0.15) is 5.10 Å². The highest BCUT2D eigenvalue weighted by Crippen LogP contribution is 2.23. The monoisotopic (exact) mass is 539 g/mol. The molecule has 36 heavy (non-hydrogen) atoms. The van der Waals surface area contributed by atoms with Crippen molar-refractivity contribution in [2.24, 2.45) is 5.10 Å². The van der Waals surface area contributed by atoms with Crippen LogP contribution in [-0.2, 0) is 4.79 Å². The molecule has 0 fully saturated rings. The number of rotatable bonds is 8. The standard InChI is InChI=1S/C29H22BrN3O3/c30-24-16-14-22(15-17-24)27-19-18-25(36-27)20-31-33-29(35)26(13-7-10-21-8-3-1-4-9-21)32-28(34)23-11-5-2-6-12-23/h1-20H,(H,32,34)(H,33,35)/b10-7+,26-13-,31-20-. The Balaban J connectivity index is 1.46. The van der Waals surface area contributed by atoms with E-state index in [4.69, 9.17) is 4.42 Å². The average Bonchev–Trinajstić information content (AvgIpc) is 3.38. The quantitative estimate of drug-likeness (QED) is 0.121. The maximum absolute atomic E-state index is 12.8. The first-order valence-electron chi connectivity index (χ1n) is 11.1. The summed E-state index contributed by atoms with van der Waals surface area (Å²) in [5, 5.41) is 6.64. The first-order chi connectivity index (χ1) is 17.6. The lowest BCUT2D eigenvalue weighted by atomic mass is 10.2. The predicted octanol–water partition coefficient (Wildman–Crippen LogP) is 6.19. The third-order valence-electron chi connectivity index (χ3n) is 4.99. The van der Waals surface area contributed by atoms with Crippen molar-refractivity contribution < 1.29 is 14.0 Å². The molecule has 2 N–H and O–H groups in total. The Hall–Kier alpha value is -4.49. The zero-order valence-electron chi connectivity index (χ0n) is 19.1. The molecule has 0 aliphatic carbocycles. The molecule has 0 bridgehead atoms. The normalized spacial score (nSPS) is 11.6. The van der Waals surface area contributed by atoms with Gasteiger partial charge in [0.05, 0.1) is 6.21 Å². The lowest BCUT2D eigenvalue weighted by Crippen LogP contribution is -2.32. The van der Waals surface area contributed by atoms with Crippen LogP contribution in [0.4, 0.5) is 0 Å². The summed E-state index contributed by atoms with van der Waals surface area (Å²) in [6, 6.07) is 29.6. The molecule has 0 saturated carbocycles. The third kappa shape index (κ3) is 7.01. The van der Waals surface area contributed by atoms with E-state index in [2.05, 4.69) is 31.8 Å². The molecule has 4 rings (SSSR count). The van der Waals surface area contributed by atoms with Crippen LogP contribution >= 0.6 is 15.9 Å². The smallest absolute Gasteiger partial charge is 0.287 e. The SMILES string of the molecule is O=C(N/N=C\c1ccc(-c2ccc(Br)cc2)o1)/C(=C/C=C/c1ccccc1)NC(=O)c1ccccc1. The van der Waals surface area contributed by atoms with E-state index in [1.807, 2.05) is 72.8 Å². The second kappa shape index (κ2) is 12.3. The summed E-state index contributed by atoms with van der Waals surface area (Å²) in [5.74, 6) is 0.167. The zero-order valence-corrected chi connectivity index (χ0v) is 20.7. The van der Waals surface area contributed by atoms with E-state index in [1.54, 1.807) is 36.4 Å². The fourth-order valence-electron chi connectivity index (χ4n) is 3.18. The molecule has 0 radical (unpaired) electrons. The molecule has 2 amide bonds. The number of hydrogen-bond donors (Lipinski definition) is 2. The highest BCUT2D eigenvalue weighted by Gasteiger charge is 2.13. The number of benzene rings is 3. The van der Waals surface area contributed by atoms with Crippen LogP contribution in [0.5, 0.6) is 0 Å². The van der Waals surface area contributed by atoms with Gasteiger partial charge in [-0.05, 0) is 48.0 Å². The van der Waals surface area contributed by atoms with Crippen molar-refractivity contribution in [2.75, 3.05) is 0 Å². The molecule has 6 nitrogen and oxygen atoms in total. The van der Waals surface area contributed by atoms with Gasteiger partial charge in [-0.3, -0.25) is 9.59 Å². The lowest BCUT2D eigenvalue weighted by molar-refractivity contribution is -0.117. The average molecular weight is 540 g/mol. The Labute approximate surface area is 217 Å². The number of hydrazone groups is 1. The number of hydrogen-bond acceptors (Lipinski definition) is 4. The molecule has 0 spiro atoms. The van der Waals surface area contributed by atoms with Crippen LogP contribution < -0.4 is 10.7 Å². The first-order valence-corrected chi connectivity index (χ1v) is 11.9. The third-order valence-corrected chi connectivity index (χ3v) is 5.52. The van der Waals surface area contributed by atoms with E-state index in [1.165, 1.54) is 12.3 Å². The first kappa shape index (κ1) is 24.6. The van der Waals surface area contributed by atoms with E-state index in [-0.39, 0.29) is 5.70 Å². The number of allylic oxidation sites excluding steroid dienone is 2. The van der Waals surface area contributed by atoms with Gasteiger partial charge in [-0.25, -0.2) is 5.43 Å². The molecule has 4 aromatic rings. The van der Waals surface area contributed by atoms with E-state index < -0.39 is 11.8 Å². The molecular formula is C29H22BrN3O3. The van der Waals surface area contributed by atoms with Crippen LogP contribution in [0.15, 0.2) is 129 Å². The van der Waals surface area contributed by atoms with Crippen LogP contribution in [0.25, 0.3) is 17.4 Å². The Morgan fingerprint density at radius 3 is 2.25 bits per heavy atom. The molecule has 3 aromatic carbocycles. The molecule has 1 aromatic heterocycles. The summed E-state index contributed by atoms with van der Waals surface area (Å²) < 4.78 is 6.75.